The average molecular weight is 141 g/mol. The molecule has 0 aromatic carbocycles. The van der Waals surface area contributed by atoms with Crippen LogP contribution in [0, 0.1) is 11.3 Å². The highest BCUT2D eigenvalue weighted by atomic mass is 15.1. The fraction of sp³-hybridized carbons (Fsp3) is 1.00. The fourth-order valence-corrected chi connectivity index (χ4v) is 2.15. The van der Waals surface area contributed by atoms with Crippen molar-refractivity contribution in [3.8, 4) is 0 Å². The minimum absolute atomic E-state index is 0.653. The Morgan fingerprint density at radius 1 is 1.30 bits per heavy atom. The summed E-state index contributed by atoms with van der Waals surface area (Å²) in [6.45, 7) is 6.00. The Kier molecular flexibility index (Phi) is 2.04. The molecule has 1 nitrogen and oxygen atoms in total. The zero-order valence-electron chi connectivity index (χ0n) is 7.65. The zero-order chi connectivity index (χ0) is 7.78. The van der Waals surface area contributed by atoms with E-state index in [1.807, 2.05) is 0 Å². The lowest BCUT2D eigenvalue weighted by Gasteiger charge is -2.43. The topological polar surface area (TPSA) is 3.24 Å². The molecule has 0 aliphatic heterocycles. The average Bonchev–Trinajstić information content (AvgIpc) is 1.57. The van der Waals surface area contributed by atoms with E-state index in [2.05, 4.69) is 32.8 Å². The van der Waals surface area contributed by atoms with Gasteiger partial charge in [-0.15, -0.1) is 0 Å². The second-order valence-corrected chi connectivity index (χ2v) is 4.70. The predicted octanol–water partition coefficient (Wildman–Crippen LogP) is 1.98. The first-order valence-electron chi connectivity index (χ1n) is 4.14. The van der Waals surface area contributed by atoms with Crippen LogP contribution < -0.4 is 0 Å². The molecular weight excluding hydrogens is 122 g/mol. The third kappa shape index (κ3) is 1.98. The molecule has 0 radical (unpaired) electrons. The third-order valence-electron chi connectivity index (χ3n) is 2.31. The lowest BCUT2D eigenvalue weighted by molar-refractivity contribution is 0.0745. The summed E-state index contributed by atoms with van der Waals surface area (Å²) in [5, 5.41) is 0. The van der Waals surface area contributed by atoms with Gasteiger partial charge in [0.2, 0.25) is 0 Å². The van der Waals surface area contributed by atoms with Crippen LogP contribution in [-0.4, -0.2) is 25.5 Å². The molecule has 0 spiro atoms. The van der Waals surface area contributed by atoms with E-state index in [-0.39, 0.29) is 0 Å². The van der Waals surface area contributed by atoms with Crippen LogP contribution in [-0.2, 0) is 0 Å². The summed E-state index contributed by atoms with van der Waals surface area (Å²) in [5.41, 5.74) is 0.653. The molecule has 60 valence electrons. The van der Waals surface area contributed by atoms with Crippen molar-refractivity contribution in [2.45, 2.75) is 26.7 Å². The second kappa shape index (κ2) is 2.54. The molecule has 0 heterocycles. The number of hydrogen-bond donors (Lipinski definition) is 0. The SMILES string of the molecule is CN(C)CC1CC(C)(C)C1. The van der Waals surface area contributed by atoms with Crippen LogP contribution in [0.2, 0.25) is 0 Å². The molecule has 1 aliphatic rings. The summed E-state index contributed by atoms with van der Waals surface area (Å²) < 4.78 is 0. The smallest absolute Gasteiger partial charge is 0.000396 e. The van der Waals surface area contributed by atoms with Gasteiger partial charge in [0, 0.05) is 6.54 Å². The maximum absolute atomic E-state index is 2.36. The molecule has 1 rings (SSSR count). The normalized spacial score (nSPS) is 24.9. The van der Waals surface area contributed by atoms with Crippen LogP contribution in [0.25, 0.3) is 0 Å². The Labute approximate surface area is 64.4 Å². The Morgan fingerprint density at radius 3 is 2.10 bits per heavy atom. The van der Waals surface area contributed by atoms with Gasteiger partial charge in [-0.25, -0.2) is 0 Å². The van der Waals surface area contributed by atoms with Gasteiger partial charge in [-0.05, 0) is 38.3 Å². The van der Waals surface area contributed by atoms with Gasteiger partial charge in [-0.2, -0.15) is 0 Å². The first kappa shape index (κ1) is 8.06. The van der Waals surface area contributed by atoms with Crippen LogP contribution in [0.5, 0.6) is 0 Å². The summed E-state index contributed by atoms with van der Waals surface area (Å²) in [5.74, 6) is 0.977. The minimum atomic E-state index is 0.653. The molecule has 0 aromatic rings. The van der Waals surface area contributed by atoms with E-state index < -0.39 is 0 Å². The van der Waals surface area contributed by atoms with E-state index in [0.717, 1.165) is 5.92 Å². The molecule has 1 aliphatic carbocycles. The van der Waals surface area contributed by atoms with Crippen LogP contribution in [0.4, 0.5) is 0 Å². The van der Waals surface area contributed by atoms with Crippen LogP contribution in [0.1, 0.15) is 26.7 Å². The van der Waals surface area contributed by atoms with E-state index in [9.17, 15) is 0 Å². The summed E-state index contributed by atoms with van der Waals surface area (Å²) in [6.07, 6.45) is 2.84. The van der Waals surface area contributed by atoms with Crippen LogP contribution >= 0.6 is 0 Å². The van der Waals surface area contributed by atoms with Crippen molar-refractivity contribution in [2.24, 2.45) is 11.3 Å². The molecule has 0 aromatic heterocycles. The predicted molar refractivity (Wildman–Crippen MR) is 45.1 cm³/mol. The molecule has 1 heteroatoms. The number of nitrogens with zero attached hydrogens (tertiary/aromatic N) is 1. The first-order valence-corrected chi connectivity index (χ1v) is 4.14. The highest BCUT2D eigenvalue weighted by Gasteiger charge is 2.35. The summed E-state index contributed by atoms with van der Waals surface area (Å²) >= 11 is 0. The largest absolute Gasteiger partial charge is 0.309 e. The van der Waals surface area contributed by atoms with Crippen molar-refractivity contribution in [3.05, 3.63) is 0 Å². The molecule has 0 amide bonds. The van der Waals surface area contributed by atoms with Gasteiger partial charge in [0.1, 0.15) is 0 Å². The molecular formula is C9H19N. The van der Waals surface area contributed by atoms with Crippen molar-refractivity contribution in [1.82, 2.24) is 4.90 Å². The van der Waals surface area contributed by atoms with Crippen molar-refractivity contribution in [2.75, 3.05) is 20.6 Å². The third-order valence-corrected chi connectivity index (χ3v) is 2.31. The maximum atomic E-state index is 2.36. The van der Waals surface area contributed by atoms with Gasteiger partial charge in [-0.1, -0.05) is 13.8 Å². The molecule has 1 saturated carbocycles. The summed E-state index contributed by atoms with van der Waals surface area (Å²) in [4.78, 5) is 2.29. The van der Waals surface area contributed by atoms with E-state index >= 15 is 0 Å². The highest BCUT2D eigenvalue weighted by molar-refractivity contribution is 4.87. The molecule has 0 saturated heterocycles. The Morgan fingerprint density at radius 2 is 1.80 bits per heavy atom. The van der Waals surface area contributed by atoms with E-state index in [0.29, 0.717) is 5.41 Å². The van der Waals surface area contributed by atoms with Gasteiger partial charge in [0.25, 0.3) is 0 Å². The van der Waals surface area contributed by atoms with Gasteiger partial charge < -0.3 is 4.90 Å². The number of hydrogen-bond acceptors (Lipinski definition) is 1. The first-order chi connectivity index (χ1) is 4.49. The molecule has 0 atom stereocenters. The molecule has 0 bridgehead atoms. The van der Waals surface area contributed by atoms with Crippen molar-refractivity contribution in [1.29, 1.82) is 0 Å². The van der Waals surface area contributed by atoms with Crippen LogP contribution in [0.15, 0.2) is 0 Å². The van der Waals surface area contributed by atoms with Crippen molar-refractivity contribution < 1.29 is 0 Å². The maximum Gasteiger partial charge on any atom is 0.000396 e. The Bertz CT molecular complexity index is 105. The summed E-state index contributed by atoms with van der Waals surface area (Å²) in [6, 6.07) is 0. The Hall–Kier alpha value is -0.0400. The van der Waals surface area contributed by atoms with Gasteiger partial charge in [0.15, 0.2) is 0 Å². The van der Waals surface area contributed by atoms with Gasteiger partial charge >= 0.3 is 0 Å². The Balaban J connectivity index is 2.15. The lowest BCUT2D eigenvalue weighted by Crippen LogP contribution is -2.37. The van der Waals surface area contributed by atoms with E-state index in [1.165, 1.54) is 19.4 Å². The van der Waals surface area contributed by atoms with Gasteiger partial charge in [-0.3, -0.25) is 0 Å². The molecule has 1 fully saturated rings. The van der Waals surface area contributed by atoms with Crippen molar-refractivity contribution in [3.63, 3.8) is 0 Å². The highest BCUT2D eigenvalue weighted by Crippen LogP contribution is 2.44. The standard InChI is InChI=1S/C9H19N/c1-9(2)5-8(6-9)7-10(3)4/h8H,5-7H2,1-4H3. The minimum Gasteiger partial charge on any atom is -0.309 e. The van der Waals surface area contributed by atoms with E-state index in [4.69, 9.17) is 0 Å². The van der Waals surface area contributed by atoms with Crippen molar-refractivity contribution >= 4 is 0 Å². The zero-order valence-corrected chi connectivity index (χ0v) is 7.65. The number of rotatable bonds is 2. The van der Waals surface area contributed by atoms with Crippen LogP contribution in [0.3, 0.4) is 0 Å². The van der Waals surface area contributed by atoms with E-state index in [1.54, 1.807) is 0 Å². The molecule has 10 heavy (non-hydrogen) atoms. The van der Waals surface area contributed by atoms with Gasteiger partial charge in [0.05, 0.1) is 0 Å². The molecule has 0 N–H and O–H groups in total. The second-order valence-electron chi connectivity index (χ2n) is 4.70. The lowest BCUT2D eigenvalue weighted by atomic mass is 9.64. The fourth-order valence-electron chi connectivity index (χ4n) is 2.15. The molecule has 0 unspecified atom stereocenters. The monoisotopic (exact) mass is 141 g/mol. The quantitative estimate of drug-likeness (QED) is 0.568. The summed E-state index contributed by atoms with van der Waals surface area (Å²) in [7, 11) is 4.32.